The summed E-state index contributed by atoms with van der Waals surface area (Å²) < 4.78 is 1.95. The zero-order chi connectivity index (χ0) is 17.5. The van der Waals surface area contributed by atoms with Crippen LogP contribution in [0.1, 0.15) is 18.3 Å². The average molecular weight is 357 g/mol. The Morgan fingerprint density at radius 3 is 2.76 bits per heavy atom. The fourth-order valence-corrected chi connectivity index (χ4v) is 2.59. The molecule has 3 rings (SSSR count). The van der Waals surface area contributed by atoms with Gasteiger partial charge in [-0.25, -0.2) is 4.99 Å². The Bertz CT molecular complexity index is 840. The zero-order valence-electron chi connectivity index (χ0n) is 14.1. The molecule has 0 unspecified atom stereocenters. The van der Waals surface area contributed by atoms with Crippen molar-refractivity contribution in [2.45, 2.75) is 19.9 Å². The van der Waals surface area contributed by atoms with Gasteiger partial charge in [0.1, 0.15) is 6.54 Å². The average Bonchev–Trinajstić information content (AvgIpc) is 3.04. The number of aromatic nitrogens is 3. The molecule has 130 valence electrons. The SMILES string of the molecule is CCNC(=NCc1nnc2ccccn12)NCCc1ccc(Cl)cc1. The lowest BCUT2D eigenvalue weighted by molar-refractivity contribution is 0.787. The fraction of sp³-hybridized carbons (Fsp3) is 0.278. The van der Waals surface area contributed by atoms with Crippen LogP contribution in [0.25, 0.3) is 5.65 Å². The largest absolute Gasteiger partial charge is 0.357 e. The van der Waals surface area contributed by atoms with E-state index >= 15 is 0 Å². The quantitative estimate of drug-likeness (QED) is 0.526. The molecule has 0 spiro atoms. The van der Waals surface area contributed by atoms with Crippen LogP contribution in [0, 0.1) is 0 Å². The molecular weight excluding hydrogens is 336 g/mol. The summed E-state index contributed by atoms with van der Waals surface area (Å²) in [4.78, 5) is 4.60. The third-order valence-electron chi connectivity index (χ3n) is 3.73. The molecule has 0 aliphatic rings. The van der Waals surface area contributed by atoms with Crippen LogP contribution in [0.2, 0.25) is 5.02 Å². The molecular formula is C18H21ClN6. The maximum absolute atomic E-state index is 5.91. The lowest BCUT2D eigenvalue weighted by atomic mass is 10.1. The highest BCUT2D eigenvalue weighted by molar-refractivity contribution is 6.30. The number of rotatable bonds is 6. The van der Waals surface area contributed by atoms with Gasteiger partial charge in [0, 0.05) is 24.3 Å². The van der Waals surface area contributed by atoms with Crippen molar-refractivity contribution in [1.29, 1.82) is 0 Å². The normalized spacial score (nSPS) is 11.7. The molecule has 3 aromatic rings. The molecule has 0 aliphatic carbocycles. The highest BCUT2D eigenvalue weighted by atomic mass is 35.5. The fourth-order valence-electron chi connectivity index (χ4n) is 2.47. The number of guanidine groups is 1. The number of benzene rings is 1. The first-order valence-electron chi connectivity index (χ1n) is 8.31. The molecule has 0 atom stereocenters. The van der Waals surface area contributed by atoms with Gasteiger partial charge in [0.25, 0.3) is 0 Å². The van der Waals surface area contributed by atoms with Crippen LogP contribution in [-0.4, -0.2) is 33.6 Å². The molecule has 0 saturated heterocycles. The summed E-state index contributed by atoms with van der Waals surface area (Å²) in [6.45, 7) is 4.09. The van der Waals surface area contributed by atoms with Crippen molar-refractivity contribution >= 4 is 23.2 Å². The smallest absolute Gasteiger partial charge is 0.191 e. The lowest BCUT2D eigenvalue weighted by Gasteiger charge is -2.11. The summed E-state index contributed by atoms with van der Waals surface area (Å²) in [6.07, 6.45) is 2.84. The molecule has 25 heavy (non-hydrogen) atoms. The Labute approximate surface area is 152 Å². The second kappa shape index (κ2) is 8.48. The van der Waals surface area contributed by atoms with Gasteiger partial charge in [-0.1, -0.05) is 29.8 Å². The highest BCUT2D eigenvalue weighted by Gasteiger charge is 2.04. The first-order chi connectivity index (χ1) is 12.3. The van der Waals surface area contributed by atoms with E-state index in [4.69, 9.17) is 11.6 Å². The Hall–Kier alpha value is -2.60. The Morgan fingerprint density at radius 2 is 1.96 bits per heavy atom. The number of halogens is 1. The van der Waals surface area contributed by atoms with E-state index in [1.54, 1.807) is 0 Å². The van der Waals surface area contributed by atoms with Gasteiger partial charge in [0.05, 0.1) is 0 Å². The van der Waals surface area contributed by atoms with E-state index in [-0.39, 0.29) is 0 Å². The molecule has 2 heterocycles. The number of fused-ring (bicyclic) bond motifs is 1. The van der Waals surface area contributed by atoms with Gasteiger partial charge in [-0.3, -0.25) is 4.40 Å². The van der Waals surface area contributed by atoms with Crippen molar-refractivity contribution < 1.29 is 0 Å². The van der Waals surface area contributed by atoms with E-state index in [1.807, 2.05) is 60.0 Å². The lowest BCUT2D eigenvalue weighted by Crippen LogP contribution is -2.38. The second-order valence-corrected chi connectivity index (χ2v) is 5.98. The second-order valence-electron chi connectivity index (χ2n) is 5.54. The molecule has 0 bridgehead atoms. The predicted molar refractivity (Wildman–Crippen MR) is 101 cm³/mol. The van der Waals surface area contributed by atoms with E-state index in [0.717, 1.165) is 42.0 Å². The van der Waals surface area contributed by atoms with E-state index in [0.29, 0.717) is 6.54 Å². The zero-order valence-corrected chi connectivity index (χ0v) is 14.9. The minimum absolute atomic E-state index is 0.460. The summed E-state index contributed by atoms with van der Waals surface area (Å²) in [7, 11) is 0. The van der Waals surface area contributed by atoms with Gasteiger partial charge >= 0.3 is 0 Å². The van der Waals surface area contributed by atoms with Gasteiger partial charge in [0.15, 0.2) is 17.4 Å². The van der Waals surface area contributed by atoms with Crippen molar-refractivity contribution in [2.75, 3.05) is 13.1 Å². The third-order valence-corrected chi connectivity index (χ3v) is 3.98. The van der Waals surface area contributed by atoms with Gasteiger partial charge in [-0.05, 0) is 43.2 Å². The maximum atomic E-state index is 5.91. The summed E-state index contributed by atoms with van der Waals surface area (Å²) in [5.74, 6) is 1.58. The van der Waals surface area contributed by atoms with Crippen LogP contribution >= 0.6 is 11.6 Å². The minimum Gasteiger partial charge on any atom is -0.357 e. The molecule has 6 nitrogen and oxygen atoms in total. The Morgan fingerprint density at radius 1 is 1.12 bits per heavy atom. The summed E-state index contributed by atoms with van der Waals surface area (Å²) in [5, 5.41) is 15.7. The molecule has 0 amide bonds. The Balaban J connectivity index is 1.60. The van der Waals surface area contributed by atoms with Crippen LogP contribution in [-0.2, 0) is 13.0 Å². The number of hydrogen-bond donors (Lipinski definition) is 2. The standard InChI is InChI=1S/C18H21ClN6/c1-2-20-18(21-11-10-14-6-8-15(19)9-7-14)22-13-17-24-23-16-5-3-4-12-25(16)17/h3-9,12H,2,10-11,13H2,1H3,(H2,20,21,22). The van der Waals surface area contributed by atoms with Gasteiger partial charge in [-0.15, -0.1) is 10.2 Å². The van der Waals surface area contributed by atoms with Gasteiger partial charge < -0.3 is 10.6 Å². The molecule has 0 fully saturated rings. The topological polar surface area (TPSA) is 66.6 Å². The number of aliphatic imine (C=N–C) groups is 1. The molecule has 0 aliphatic heterocycles. The monoisotopic (exact) mass is 356 g/mol. The van der Waals surface area contributed by atoms with E-state index in [2.05, 4.69) is 25.8 Å². The van der Waals surface area contributed by atoms with Crippen molar-refractivity contribution in [1.82, 2.24) is 25.2 Å². The van der Waals surface area contributed by atoms with Gasteiger partial charge in [-0.2, -0.15) is 0 Å². The maximum Gasteiger partial charge on any atom is 0.191 e. The van der Waals surface area contributed by atoms with Crippen LogP contribution in [0.15, 0.2) is 53.7 Å². The third kappa shape index (κ3) is 4.70. The van der Waals surface area contributed by atoms with E-state index in [9.17, 15) is 0 Å². The van der Waals surface area contributed by atoms with Crippen molar-refractivity contribution in [2.24, 2.45) is 4.99 Å². The van der Waals surface area contributed by atoms with Crippen molar-refractivity contribution in [3.8, 4) is 0 Å². The summed E-state index contributed by atoms with van der Waals surface area (Å²) in [5.41, 5.74) is 2.06. The molecule has 2 N–H and O–H groups in total. The summed E-state index contributed by atoms with van der Waals surface area (Å²) in [6, 6.07) is 13.7. The molecule has 1 aromatic carbocycles. The van der Waals surface area contributed by atoms with Crippen molar-refractivity contribution in [3.63, 3.8) is 0 Å². The van der Waals surface area contributed by atoms with E-state index < -0.39 is 0 Å². The summed E-state index contributed by atoms with van der Waals surface area (Å²) >= 11 is 5.91. The highest BCUT2D eigenvalue weighted by Crippen LogP contribution is 2.09. The minimum atomic E-state index is 0.460. The van der Waals surface area contributed by atoms with Gasteiger partial charge in [0.2, 0.25) is 0 Å². The molecule has 7 heteroatoms. The number of hydrogen-bond acceptors (Lipinski definition) is 3. The number of nitrogens with one attached hydrogen (secondary N) is 2. The van der Waals surface area contributed by atoms with Crippen LogP contribution in [0.5, 0.6) is 0 Å². The number of nitrogens with zero attached hydrogens (tertiary/aromatic N) is 4. The van der Waals surface area contributed by atoms with E-state index in [1.165, 1.54) is 5.56 Å². The molecule has 2 aromatic heterocycles. The van der Waals surface area contributed by atoms with Crippen LogP contribution < -0.4 is 10.6 Å². The first-order valence-corrected chi connectivity index (χ1v) is 8.69. The predicted octanol–water partition coefficient (Wildman–Crippen LogP) is 2.68. The molecule has 0 radical (unpaired) electrons. The van der Waals surface area contributed by atoms with Crippen molar-refractivity contribution in [3.05, 3.63) is 65.1 Å². The number of pyridine rings is 1. The molecule has 0 saturated carbocycles. The Kier molecular flexibility index (Phi) is 5.85. The first kappa shape index (κ1) is 17.2. The van der Waals surface area contributed by atoms with Crippen LogP contribution in [0.3, 0.4) is 0 Å². The van der Waals surface area contributed by atoms with Crippen LogP contribution in [0.4, 0.5) is 0 Å².